The van der Waals surface area contributed by atoms with E-state index in [0.717, 1.165) is 12.0 Å². The van der Waals surface area contributed by atoms with Gasteiger partial charge in [0.2, 0.25) is 0 Å². The van der Waals surface area contributed by atoms with Gasteiger partial charge in [0.15, 0.2) is 0 Å². The second kappa shape index (κ2) is 6.61. The second-order valence-corrected chi connectivity index (χ2v) is 4.20. The van der Waals surface area contributed by atoms with Gasteiger partial charge in [-0.25, -0.2) is 4.39 Å². The summed E-state index contributed by atoms with van der Waals surface area (Å²) in [6.45, 7) is 5.18. The zero-order valence-corrected chi connectivity index (χ0v) is 9.95. The molecular weight excluding hydrogens is 205 g/mol. The Morgan fingerprint density at radius 3 is 2.69 bits per heavy atom. The summed E-state index contributed by atoms with van der Waals surface area (Å²) in [5.74, 6) is -0.0322. The molecule has 2 N–H and O–H groups in total. The van der Waals surface area contributed by atoms with E-state index in [1.807, 2.05) is 19.9 Å². The topological polar surface area (TPSA) is 35.2 Å². The highest BCUT2D eigenvalue weighted by molar-refractivity contribution is 5.20. The normalized spacial score (nSPS) is 13.1. The molecule has 3 heteroatoms. The van der Waals surface area contributed by atoms with Crippen molar-refractivity contribution in [1.82, 2.24) is 0 Å². The summed E-state index contributed by atoms with van der Waals surface area (Å²) >= 11 is 0. The summed E-state index contributed by atoms with van der Waals surface area (Å²) in [7, 11) is 0. The first-order valence-corrected chi connectivity index (χ1v) is 5.70. The van der Waals surface area contributed by atoms with Gasteiger partial charge in [0.25, 0.3) is 0 Å². The fraction of sp³-hybridized carbons (Fsp3) is 0.538. The molecule has 0 heterocycles. The van der Waals surface area contributed by atoms with Gasteiger partial charge in [-0.15, -0.1) is 0 Å². The molecule has 0 amide bonds. The maximum atomic E-state index is 13.0. The molecule has 0 bridgehead atoms. The molecule has 0 saturated carbocycles. The summed E-state index contributed by atoms with van der Waals surface area (Å²) in [4.78, 5) is 0. The molecule has 0 aliphatic carbocycles. The number of hydrogen-bond donors (Lipinski definition) is 1. The lowest BCUT2D eigenvalue weighted by molar-refractivity contribution is 0.0737. The molecule has 0 spiro atoms. The van der Waals surface area contributed by atoms with Gasteiger partial charge in [-0.3, -0.25) is 0 Å². The van der Waals surface area contributed by atoms with Gasteiger partial charge in [-0.05, 0) is 50.4 Å². The van der Waals surface area contributed by atoms with Crippen molar-refractivity contribution >= 4 is 0 Å². The van der Waals surface area contributed by atoms with Crippen LogP contribution in [0.3, 0.4) is 0 Å². The van der Waals surface area contributed by atoms with Crippen LogP contribution in [0.15, 0.2) is 24.3 Å². The third-order valence-electron chi connectivity index (χ3n) is 2.52. The van der Waals surface area contributed by atoms with Crippen LogP contribution in [0.4, 0.5) is 4.39 Å². The van der Waals surface area contributed by atoms with Gasteiger partial charge in [-0.1, -0.05) is 12.1 Å². The summed E-state index contributed by atoms with van der Waals surface area (Å²) in [6, 6.07) is 6.63. The van der Waals surface area contributed by atoms with Gasteiger partial charge in [0.1, 0.15) is 5.82 Å². The highest BCUT2D eigenvalue weighted by atomic mass is 19.1. The van der Waals surface area contributed by atoms with E-state index in [-0.39, 0.29) is 17.8 Å². The quantitative estimate of drug-likeness (QED) is 0.808. The number of halogens is 1. The van der Waals surface area contributed by atoms with Crippen LogP contribution >= 0.6 is 0 Å². The standard InChI is InChI=1S/C13H20FNO/c1-10(2)16-7-6-12(9-15)11-4-3-5-13(14)8-11/h3-5,8,10,12H,6-7,9,15H2,1-2H3. The molecule has 0 aromatic heterocycles. The van der Waals surface area contributed by atoms with Crippen molar-refractivity contribution in [3.05, 3.63) is 35.6 Å². The third kappa shape index (κ3) is 4.29. The van der Waals surface area contributed by atoms with Gasteiger partial charge < -0.3 is 10.5 Å². The summed E-state index contributed by atoms with van der Waals surface area (Å²) < 4.78 is 18.5. The molecular formula is C13H20FNO. The lowest BCUT2D eigenvalue weighted by Crippen LogP contribution is -2.16. The molecule has 90 valence electrons. The van der Waals surface area contributed by atoms with E-state index in [1.165, 1.54) is 6.07 Å². The fourth-order valence-corrected chi connectivity index (χ4v) is 1.63. The van der Waals surface area contributed by atoms with E-state index in [2.05, 4.69) is 0 Å². The molecule has 0 aliphatic rings. The summed E-state index contributed by atoms with van der Waals surface area (Å²) in [5.41, 5.74) is 6.65. The van der Waals surface area contributed by atoms with Gasteiger partial charge >= 0.3 is 0 Å². The molecule has 16 heavy (non-hydrogen) atoms. The van der Waals surface area contributed by atoms with Crippen molar-refractivity contribution in [2.45, 2.75) is 32.3 Å². The highest BCUT2D eigenvalue weighted by Gasteiger charge is 2.10. The number of hydrogen-bond acceptors (Lipinski definition) is 2. The van der Waals surface area contributed by atoms with E-state index < -0.39 is 0 Å². The Kier molecular flexibility index (Phi) is 5.43. The van der Waals surface area contributed by atoms with Crippen LogP contribution in [0.25, 0.3) is 0 Å². The smallest absolute Gasteiger partial charge is 0.123 e. The molecule has 1 aromatic rings. The van der Waals surface area contributed by atoms with Gasteiger partial charge in [0.05, 0.1) is 6.10 Å². The minimum absolute atomic E-state index is 0.175. The molecule has 1 unspecified atom stereocenters. The molecule has 0 fully saturated rings. The Hall–Kier alpha value is -0.930. The Labute approximate surface area is 96.6 Å². The average molecular weight is 225 g/mol. The van der Waals surface area contributed by atoms with E-state index in [0.29, 0.717) is 13.2 Å². The monoisotopic (exact) mass is 225 g/mol. The minimum atomic E-state index is -0.208. The number of rotatable bonds is 6. The molecule has 0 aliphatic heterocycles. The molecule has 1 rings (SSSR count). The number of benzene rings is 1. The predicted molar refractivity (Wildman–Crippen MR) is 63.9 cm³/mol. The zero-order valence-electron chi connectivity index (χ0n) is 9.95. The number of ether oxygens (including phenoxy) is 1. The lowest BCUT2D eigenvalue weighted by Gasteiger charge is -2.16. The SMILES string of the molecule is CC(C)OCCC(CN)c1cccc(F)c1. The molecule has 2 nitrogen and oxygen atoms in total. The van der Waals surface area contributed by atoms with Crippen molar-refractivity contribution in [2.24, 2.45) is 5.73 Å². The lowest BCUT2D eigenvalue weighted by atomic mass is 9.96. The van der Waals surface area contributed by atoms with Crippen molar-refractivity contribution in [1.29, 1.82) is 0 Å². The Balaban J connectivity index is 2.53. The van der Waals surface area contributed by atoms with Crippen molar-refractivity contribution in [2.75, 3.05) is 13.2 Å². The van der Waals surface area contributed by atoms with Crippen LogP contribution < -0.4 is 5.73 Å². The second-order valence-electron chi connectivity index (χ2n) is 4.20. The molecule has 0 radical (unpaired) electrons. The van der Waals surface area contributed by atoms with Crippen LogP contribution in [0, 0.1) is 5.82 Å². The van der Waals surface area contributed by atoms with Crippen molar-refractivity contribution < 1.29 is 9.13 Å². The van der Waals surface area contributed by atoms with E-state index in [1.54, 1.807) is 12.1 Å². The van der Waals surface area contributed by atoms with E-state index in [9.17, 15) is 4.39 Å². The highest BCUT2D eigenvalue weighted by Crippen LogP contribution is 2.19. The zero-order chi connectivity index (χ0) is 12.0. The van der Waals surface area contributed by atoms with Crippen LogP contribution in [-0.4, -0.2) is 19.3 Å². The van der Waals surface area contributed by atoms with E-state index in [4.69, 9.17) is 10.5 Å². The maximum Gasteiger partial charge on any atom is 0.123 e. The van der Waals surface area contributed by atoms with Crippen molar-refractivity contribution in [3.8, 4) is 0 Å². The fourth-order valence-electron chi connectivity index (χ4n) is 1.63. The van der Waals surface area contributed by atoms with Gasteiger partial charge in [-0.2, -0.15) is 0 Å². The summed E-state index contributed by atoms with van der Waals surface area (Å²) in [5, 5.41) is 0. The first-order valence-electron chi connectivity index (χ1n) is 5.70. The van der Waals surface area contributed by atoms with Crippen LogP contribution in [-0.2, 0) is 4.74 Å². The van der Waals surface area contributed by atoms with E-state index >= 15 is 0 Å². The van der Waals surface area contributed by atoms with Crippen LogP contribution in [0.5, 0.6) is 0 Å². The Morgan fingerprint density at radius 1 is 1.38 bits per heavy atom. The first kappa shape index (κ1) is 13.1. The minimum Gasteiger partial charge on any atom is -0.379 e. The van der Waals surface area contributed by atoms with Crippen LogP contribution in [0.2, 0.25) is 0 Å². The number of nitrogens with two attached hydrogens (primary N) is 1. The molecule has 1 aromatic carbocycles. The largest absolute Gasteiger partial charge is 0.379 e. The maximum absolute atomic E-state index is 13.0. The van der Waals surface area contributed by atoms with Crippen molar-refractivity contribution in [3.63, 3.8) is 0 Å². The Bertz CT molecular complexity index is 315. The van der Waals surface area contributed by atoms with Crippen LogP contribution in [0.1, 0.15) is 31.7 Å². The molecule has 0 saturated heterocycles. The Morgan fingerprint density at radius 2 is 2.12 bits per heavy atom. The predicted octanol–water partition coefficient (Wildman–Crippen LogP) is 2.68. The first-order chi connectivity index (χ1) is 7.63. The summed E-state index contributed by atoms with van der Waals surface area (Å²) in [6.07, 6.45) is 1.06. The molecule has 1 atom stereocenters. The average Bonchev–Trinajstić information content (AvgIpc) is 2.24. The van der Waals surface area contributed by atoms with Gasteiger partial charge in [0, 0.05) is 6.61 Å². The third-order valence-corrected chi connectivity index (χ3v) is 2.52.